The lowest BCUT2D eigenvalue weighted by Crippen LogP contribution is -2.24. The Morgan fingerprint density at radius 1 is 1.64 bits per heavy atom. The third-order valence-corrected chi connectivity index (χ3v) is 1.62. The van der Waals surface area contributed by atoms with E-state index in [2.05, 4.69) is 9.97 Å². The van der Waals surface area contributed by atoms with Crippen LogP contribution in [0.3, 0.4) is 0 Å². The van der Waals surface area contributed by atoms with E-state index in [1.54, 1.807) is 0 Å². The number of nitrogens with one attached hydrogen (secondary N) is 1. The van der Waals surface area contributed by atoms with Crippen molar-refractivity contribution in [2.45, 2.75) is 18.5 Å². The Labute approximate surface area is 76.8 Å². The van der Waals surface area contributed by atoms with Crippen LogP contribution < -0.4 is 0 Å². The van der Waals surface area contributed by atoms with Gasteiger partial charge in [-0.25, -0.2) is 4.98 Å². The number of aromatic nitrogens is 2. The highest BCUT2D eigenvalue weighted by atomic mass is 19.4. The van der Waals surface area contributed by atoms with E-state index in [-0.39, 0.29) is 5.82 Å². The summed E-state index contributed by atoms with van der Waals surface area (Å²) in [6, 6.07) is 0. The van der Waals surface area contributed by atoms with Crippen LogP contribution in [0.5, 0.6) is 0 Å². The van der Waals surface area contributed by atoms with Crippen LogP contribution in [0.1, 0.15) is 18.2 Å². The lowest BCUT2D eigenvalue weighted by atomic mass is 10.0. The zero-order chi connectivity index (χ0) is 10.8. The number of carbonyl (C=O) groups is 1. The quantitative estimate of drug-likeness (QED) is 0.791. The Kier molecular flexibility index (Phi) is 2.78. The third-order valence-electron chi connectivity index (χ3n) is 1.62. The lowest BCUT2D eigenvalue weighted by Gasteiger charge is -2.15. The SMILES string of the molecule is O=C(O)CC(c1ncc[nH]1)C(F)(F)F. The maximum atomic E-state index is 12.3. The minimum Gasteiger partial charge on any atom is -0.481 e. The van der Waals surface area contributed by atoms with Crippen molar-refractivity contribution in [3.8, 4) is 0 Å². The Morgan fingerprint density at radius 3 is 2.64 bits per heavy atom. The molecule has 4 nitrogen and oxygen atoms in total. The molecule has 78 valence electrons. The van der Waals surface area contributed by atoms with Gasteiger partial charge in [-0.05, 0) is 0 Å². The second-order valence-electron chi connectivity index (χ2n) is 2.67. The molecule has 1 unspecified atom stereocenters. The summed E-state index contributed by atoms with van der Waals surface area (Å²) in [4.78, 5) is 15.9. The molecule has 1 aromatic rings. The van der Waals surface area contributed by atoms with E-state index in [0.29, 0.717) is 0 Å². The summed E-state index contributed by atoms with van der Waals surface area (Å²) >= 11 is 0. The number of aliphatic carboxylic acids is 1. The zero-order valence-corrected chi connectivity index (χ0v) is 6.88. The van der Waals surface area contributed by atoms with Crippen LogP contribution >= 0.6 is 0 Å². The molecular weight excluding hydrogens is 201 g/mol. The van der Waals surface area contributed by atoms with Gasteiger partial charge in [-0.15, -0.1) is 0 Å². The van der Waals surface area contributed by atoms with Gasteiger partial charge < -0.3 is 10.1 Å². The topological polar surface area (TPSA) is 66.0 Å². The third kappa shape index (κ3) is 2.48. The van der Waals surface area contributed by atoms with Gasteiger partial charge in [0, 0.05) is 12.4 Å². The Hall–Kier alpha value is -1.53. The van der Waals surface area contributed by atoms with Crippen molar-refractivity contribution >= 4 is 5.97 Å². The molecule has 0 radical (unpaired) electrons. The van der Waals surface area contributed by atoms with Crippen LogP contribution in [-0.4, -0.2) is 27.2 Å². The van der Waals surface area contributed by atoms with E-state index in [9.17, 15) is 18.0 Å². The number of aromatic amines is 1. The summed E-state index contributed by atoms with van der Waals surface area (Å²) in [6.45, 7) is 0. The Balaban J connectivity index is 2.89. The first-order valence-corrected chi connectivity index (χ1v) is 3.69. The number of halogens is 3. The summed E-state index contributed by atoms with van der Waals surface area (Å²) in [5.41, 5.74) is 0. The molecule has 0 aliphatic heterocycles. The van der Waals surface area contributed by atoms with Crippen LogP contribution in [0.25, 0.3) is 0 Å². The predicted octanol–water partition coefficient (Wildman–Crippen LogP) is 1.53. The van der Waals surface area contributed by atoms with Gasteiger partial charge in [-0.3, -0.25) is 4.79 Å². The van der Waals surface area contributed by atoms with Crippen LogP contribution in [0.2, 0.25) is 0 Å². The van der Waals surface area contributed by atoms with Crippen molar-refractivity contribution in [2.75, 3.05) is 0 Å². The minimum absolute atomic E-state index is 0.375. The lowest BCUT2D eigenvalue weighted by molar-refractivity contribution is -0.164. The summed E-state index contributed by atoms with van der Waals surface area (Å²) in [6.07, 6.45) is -3.25. The molecule has 1 rings (SSSR count). The summed E-state index contributed by atoms with van der Waals surface area (Å²) in [5.74, 6) is -3.96. The highest BCUT2D eigenvalue weighted by Crippen LogP contribution is 2.35. The van der Waals surface area contributed by atoms with Crippen molar-refractivity contribution in [1.29, 1.82) is 0 Å². The van der Waals surface area contributed by atoms with E-state index in [1.165, 1.54) is 6.20 Å². The highest BCUT2D eigenvalue weighted by Gasteiger charge is 2.43. The van der Waals surface area contributed by atoms with Crippen molar-refractivity contribution in [3.05, 3.63) is 18.2 Å². The molecular formula is C7H7F3N2O2. The predicted molar refractivity (Wildman–Crippen MR) is 39.6 cm³/mol. The van der Waals surface area contributed by atoms with E-state index in [4.69, 9.17) is 5.11 Å². The first-order valence-electron chi connectivity index (χ1n) is 3.69. The van der Waals surface area contributed by atoms with Gasteiger partial charge in [-0.1, -0.05) is 0 Å². The number of H-pyrrole nitrogens is 1. The molecule has 14 heavy (non-hydrogen) atoms. The molecule has 0 aliphatic carbocycles. The molecule has 0 amide bonds. The molecule has 0 spiro atoms. The Bertz CT molecular complexity index is 307. The van der Waals surface area contributed by atoms with Gasteiger partial charge in [0.05, 0.1) is 6.42 Å². The smallest absolute Gasteiger partial charge is 0.399 e. The number of hydrogen-bond donors (Lipinski definition) is 2. The molecule has 1 heterocycles. The van der Waals surface area contributed by atoms with Gasteiger partial charge in [-0.2, -0.15) is 13.2 Å². The number of imidazole rings is 1. The fourth-order valence-electron chi connectivity index (χ4n) is 1.01. The van der Waals surface area contributed by atoms with Crippen LogP contribution in [0, 0.1) is 0 Å². The molecule has 0 aromatic carbocycles. The maximum absolute atomic E-state index is 12.3. The minimum atomic E-state index is -4.60. The highest BCUT2D eigenvalue weighted by molar-refractivity contribution is 5.67. The summed E-state index contributed by atoms with van der Waals surface area (Å²) in [7, 11) is 0. The Morgan fingerprint density at radius 2 is 2.29 bits per heavy atom. The zero-order valence-electron chi connectivity index (χ0n) is 6.88. The van der Waals surface area contributed by atoms with Crippen LogP contribution in [-0.2, 0) is 4.79 Å². The second-order valence-corrected chi connectivity index (χ2v) is 2.67. The van der Waals surface area contributed by atoms with Gasteiger partial charge in [0.15, 0.2) is 0 Å². The maximum Gasteiger partial charge on any atom is 0.399 e. The molecule has 2 N–H and O–H groups in total. The summed E-state index contributed by atoms with van der Waals surface area (Å²) < 4.78 is 37.0. The molecule has 1 atom stereocenters. The normalized spacial score (nSPS) is 13.9. The molecule has 0 bridgehead atoms. The van der Waals surface area contributed by atoms with Gasteiger partial charge >= 0.3 is 12.1 Å². The van der Waals surface area contributed by atoms with E-state index in [1.807, 2.05) is 0 Å². The van der Waals surface area contributed by atoms with Gasteiger partial charge in [0.2, 0.25) is 0 Å². The van der Waals surface area contributed by atoms with Crippen LogP contribution in [0.15, 0.2) is 12.4 Å². The summed E-state index contributed by atoms with van der Waals surface area (Å²) in [5, 5.41) is 8.30. The number of alkyl halides is 3. The monoisotopic (exact) mass is 208 g/mol. The van der Waals surface area contributed by atoms with Crippen LogP contribution in [0.4, 0.5) is 13.2 Å². The van der Waals surface area contributed by atoms with Crippen molar-refractivity contribution in [1.82, 2.24) is 9.97 Å². The van der Waals surface area contributed by atoms with Crippen molar-refractivity contribution in [3.63, 3.8) is 0 Å². The number of carboxylic acids is 1. The molecule has 0 fully saturated rings. The second kappa shape index (κ2) is 3.69. The number of hydrogen-bond acceptors (Lipinski definition) is 2. The average molecular weight is 208 g/mol. The van der Waals surface area contributed by atoms with E-state index in [0.717, 1.165) is 6.20 Å². The number of carboxylic acid groups (broad SMARTS) is 1. The molecule has 0 aliphatic rings. The largest absolute Gasteiger partial charge is 0.481 e. The molecule has 0 saturated carbocycles. The fourth-order valence-corrected chi connectivity index (χ4v) is 1.01. The standard InChI is InChI=1S/C7H7F3N2O2/c8-7(9,10)4(3-5(13)14)6-11-1-2-12-6/h1-2,4H,3H2,(H,11,12)(H,13,14). The number of rotatable bonds is 3. The van der Waals surface area contributed by atoms with E-state index < -0.39 is 24.5 Å². The van der Waals surface area contributed by atoms with Gasteiger partial charge in [0.1, 0.15) is 11.7 Å². The number of nitrogens with zero attached hydrogens (tertiary/aromatic N) is 1. The molecule has 0 saturated heterocycles. The fraction of sp³-hybridized carbons (Fsp3) is 0.429. The van der Waals surface area contributed by atoms with Gasteiger partial charge in [0.25, 0.3) is 0 Å². The molecule has 1 aromatic heterocycles. The average Bonchev–Trinajstić information content (AvgIpc) is 2.49. The first-order chi connectivity index (χ1) is 6.41. The van der Waals surface area contributed by atoms with E-state index >= 15 is 0 Å². The molecule has 7 heteroatoms. The van der Waals surface area contributed by atoms with Crippen molar-refractivity contribution in [2.24, 2.45) is 0 Å². The first kappa shape index (κ1) is 10.6. The van der Waals surface area contributed by atoms with Crippen molar-refractivity contribution < 1.29 is 23.1 Å².